The number of carbonyl (C=O) groups is 1. The van der Waals surface area contributed by atoms with E-state index in [9.17, 15) is 22.6 Å². The molecule has 0 aliphatic heterocycles. The van der Waals surface area contributed by atoms with E-state index < -0.39 is 16.1 Å². The molecule has 38 heavy (non-hydrogen) atoms. The third kappa shape index (κ3) is 22.8. The largest absolute Gasteiger partial charge is 0.748 e. The lowest BCUT2D eigenvalue weighted by Crippen LogP contribution is -2.51. The predicted molar refractivity (Wildman–Crippen MR) is 154 cm³/mol. The zero-order valence-electron chi connectivity index (χ0n) is 24.7. The maximum Gasteiger partial charge on any atom is 0.483 e. The van der Waals surface area contributed by atoms with E-state index in [1.165, 1.54) is 77.0 Å². The summed E-state index contributed by atoms with van der Waals surface area (Å²) in [4.78, 5) is 21.9. The molecule has 0 heterocycles. The Morgan fingerprint density at radius 1 is 0.684 bits per heavy atom. The number of nitrogens with zero attached hydrogens (tertiary/aromatic N) is 1. The van der Waals surface area contributed by atoms with Gasteiger partial charge in [-0.05, 0) is 20.3 Å². The summed E-state index contributed by atoms with van der Waals surface area (Å²) in [6.45, 7) is 9.56. The molecular weight excluding hydrogens is 506 g/mol. The van der Waals surface area contributed by atoms with Crippen LogP contribution in [0.4, 0.5) is 0 Å². The van der Waals surface area contributed by atoms with E-state index in [2.05, 4.69) is 6.92 Å². The lowest BCUT2D eigenvalue weighted by Gasteiger charge is -2.36. The molecule has 0 fully saturated rings. The van der Waals surface area contributed by atoms with Crippen molar-refractivity contribution >= 4 is 22.1 Å². The van der Waals surface area contributed by atoms with E-state index in [4.69, 9.17) is 9.47 Å². The molecule has 8 nitrogen and oxygen atoms in total. The highest BCUT2D eigenvalue weighted by molar-refractivity contribution is 7.85. The highest BCUT2D eigenvalue weighted by atomic mass is 32.2. The first-order chi connectivity index (χ1) is 18.2. The minimum absolute atomic E-state index is 0.0528. The van der Waals surface area contributed by atoms with Crippen LogP contribution < -0.4 is 0 Å². The molecule has 0 unspecified atom stereocenters. The van der Waals surface area contributed by atoms with Gasteiger partial charge in [-0.1, -0.05) is 84.0 Å². The van der Waals surface area contributed by atoms with E-state index in [0.717, 1.165) is 25.9 Å². The van der Waals surface area contributed by atoms with Crippen LogP contribution in [-0.2, 0) is 24.4 Å². The summed E-state index contributed by atoms with van der Waals surface area (Å²) in [6.07, 6.45) is 18.5. The molecule has 0 spiro atoms. The molecule has 226 valence electrons. The highest BCUT2D eigenvalue weighted by Gasteiger charge is 2.24. The molecule has 0 radical (unpaired) electrons. The maximum absolute atomic E-state index is 12.0. The Bertz CT molecular complexity index is 693. The normalized spacial score (nSPS) is 12.0. The fraction of sp³-hybridized carbons (Fsp3) is 0.931. The van der Waals surface area contributed by atoms with Crippen molar-refractivity contribution in [2.75, 3.05) is 45.1 Å². The first kappa shape index (κ1) is 36.8. The Morgan fingerprint density at radius 3 is 1.66 bits per heavy atom. The van der Waals surface area contributed by atoms with Crippen LogP contribution in [0.1, 0.15) is 130 Å². The number of esters is 2. The van der Waals surface area contributed by atoms with Gasteiger partial charge in [0.25, 0.3) is 0 Å². The average molecular weight is 565 g/mol. The van der Waals surface area contributed by atoms with Gasteiger partial charge in [-0.2, -0.15) is 0 Å². The molecular formula is C29H58NO7S+. The second-order valence-corrected chi connectivity index (χ2v) is 12.1. The molecule has 0 rings (SSSR count). The summed E-state index contributed by atoms with van der Waals surface area (Å²) in [5.74, 6) is -0.895. The zero-order valence-corrected chi connectivity index (χ0v) is 25.5. The smallest absolute Gasteiger partial charge is 0.483 e. The van der Waals surface area contributed by atoms with Gasteiger partial charge in [-0.25, -0.2) is 8.42 Å². The quantitative estimate of drug-likeness (QED) is 0.0391. The third-order valence-corrected chi connectivity index (χ3v) is 8.30. The number of hydrogen-bond acceptors (Lipinski definition) is 6. The van der Waals surface area contributed by atoms with E-state index in [1.807, 2.05) is 13.8 Å². The van der Waals surface area contributed by atoms with Crippen molar-refractivity contribution in [3.05, 3.63) is 0 Å². The number of ether oxygens (including phenoxy) is 2. The van der Waals surface area contributed by atoms with Gasteiger partial charge in [-0.3, -0.25) is 4.79 Å². The summed E-state index contributed by atoms with van der Waals surface area (Å²) < 4.78 is 43.8. The van der Waals surface area contributed by atoms with Gasteiger partial charge in [0.15, 0.2) is 6.61 Å². The SMILES string of the molecule is CCCCCCCCCCCCCCCCOC(=[OH+])CCC(=O)OCC[N+](CC)(CC)CCCS(=O)(=O)[O-]. The van der Waals surface area contributed by atoms with Crippen molar-refractivity contribution in [2.45, 2.75) is 130 Å². The average Bonchev–Trinajstić information content (AvgIpc) is 2.88. The van der Waals surface area contributed by atoms with Gasteiger partial charge < -0.3 is 23.3 Å². The van der Waals surface area contributed by atoms with Crippen molar-refractivity contribution < 1.29 is 36.5 Å². The number of quaternary nitrogens is 1. The molecule has 0 aromatic carbocycles. The van der Waals surface area contributed by atoms with Crippen LogP contribution in [0.25, 0.3) is 0 Å². The van der Waals surface area contributed by atoms with Crippen molar-refractivity contribution in [3.63, 3.8) is 0 Å². The van der Waals surface area contributed by atoms with Crippen LogP contribution in [0, 0.1) is 0 Å². The van der Waals surface area contributed by atoms with Crippen molar-refractivity contribution in [1.29, 1.82) is 0 Å². The monoisotopic (exact) mass is 564 g/mol. The Balaban J connectivity index is 3.71. The van der Waals surface area contributed by atoms with Gasteiger partial charge in [0.05, 0.1) is 36.2 Å². The second kappa shape index (κ2) is 23.7. The van der Waals surface area contributed by atoms with Crippen molar-refractivity contribution in [1.82, 2.24) is 0 Å². The van der Waals surface area contributed by atoms with E-state index in [0.29, 0.717) is 30.6 Å². The third-order valence-electron chi connectivity index (χ3n) is 7.51. The maximum atomic E-state index is 12.0. The van der Waals surface area contributed by atoms with Crippen LogP contribution >= 0.6 is 0 Å². The van der Waals surface area contributed by atoms with Gasteiger partial charge in [0.2, 0.25) is 0 Å². The van der Waals surface area contributed by atoms with Gasteiger partial charge in [0.1, 0.15) is 19.6 Å². The Hall–Kier alpha value is -1.19. The topological polar surface area (TPSA) is 114 Å². The van der Waals surface area contributed by atoms with E-state index in [-0.39, 0.29) is 31.2 Å². The van der Waals surface area contributed by atoms with Crippen LogP contribution in [0.5, 0.6) is 0 Å². The standard InChI is InChI=1S/C29H57NO7S/c1-4-7-8-9-10-11-12-13-14-15-16-17-18-19-25-36-28(31)21-22-29(32)37-26-24-30(5-2,6-3)23-20-27-38(33,34)35/h4-27H2,1-3H3/p+1. The molecule has 1 N–H and O–H groups in total. The van der Waals surface area contributed by atoms with E-state index in [1.54, 1.807) is 0 Å². The molecule has 0 amide bonds. The van der Waals surface area contributed by atoms with Crippen LogP contribution in [-0.4, -0.2) is 79.3 Å². The fourth-order valence-corrected chi connectivity index (χ4v) is 5.22. The Kier molecular flexibility index (Phi) is 22.9. The van der Waals surface area contributed by atoms with Crippen LogP contribution in [0.3, 0.4) is 0 Å². The van der Waals surface area contributed by atoms with Gasteiger partial charge >= 0.3 is 11.9 Å². The molecule has 0 aromatic rings. The summed E-state index contributed by atoms with van der Waals surface area (Å²) in [5.41, 5.74) is 0. The predicted octanol–water partition coefficient (Wildman–Crippen LogP) is 6.10. The minimum Gasteiger partial charge on any atom is -0.748 e. The lowest BCUT2D eigenvalue weighted by atomic mass is 10.0. The number of likely N-dealkylation sites (N-methyl/N-ethyl adjacent to an activating group) is 1. The highest BCUT2D eigenvalue weighted by Crippen LogP contribution is 2.13. The van der Waals surface area contributed by atoms with Crippen molar-refractivity contribution in [2.24, 2.45) is 0 Å². The molecule has 0 saturated heterocycles. The van der Waals surface area contributed by atoms with Gasteiger partial charge in [0, 0.05) is 18.6 Å². The van der Waals surface area contributed by atoms with E-state index >= 15 is 0 Å². The van der Waals surface area contributed by atoms with Crippen LogP contribution in [0.15, 0.2) is 0 Å². The molecule has 0 atom stereocenters. The number of rotatable bonds is 27. The zero-order chi connectivity index (χ0) is 28.5. The molecule has 0 aliphatic carbocycles. The Labute approximate surface area is 233 Å². The molecule has 0 saturated carbocycles. The fourth-order valence-electron chi connectivity index (χ4n) is 4.74. The summed E-state index contributed by atoms with van der Waals surface area (Å²) >= 11 is 0. The molecule has 0 aromatic heterocycles. The summed E-state index contributed by atoms with van der Waals surface area (Å²) in [6, 6.07) is 0. The molecule has 0 bridgehead atoms. The number of hydrogen-bond donors (Lipinski definition) is 0. The Morgan fingerprint density at radius 2 is 1.18 bits per heavy atom. The minimum atomic E-state index is -4.22. The molecule has 9 heteroatoms. The summed E-state index contributed by atoms with van der Waals surface area (Å²) in [5, 5.41) is 0. The van der Waals surface area contributed by atoms with Gasteiger partial charge in [-0.15, -0.1) is 0 Å². The second-order valence-electron chi connectivity index (χ2n) is 10.6. The number of unbranched alkanes of at least 4 members (excludes halogenated alkanes) is 13. The lowest BCUT2D eigenvalue weighted by molar-refractivity contribution is -0.925. The van der Waals surface area contributed by atoms with Crippen molar-refractivity contribution in [3.8, 4) is 0 Å². The number of carbonyl (C=O) groups excluding carboxylic acids is 2. The first-order valence-electron chi connectivity index (χ1n) is 15.3. The van der Waals surface area contributed by atoms with Crippen LogP contribution in [0.2, 0.25) is 0 Å². The summed E-state index contributed by atoms with van der Waals surface area (Å²) in [7, 11) is -4.22. The first-order valence-corrected chi connectivity index (χ1v) is 16.9. The molecule has 0 aliphatic rings.